The van der Waals surface area contributed by atoms with E-state index >= 15 is 0 Å². The van der Waals surface area contributed by atoms with Crippen LogP contribution in [0.5, 0.6) is 23.0 Å². The Labute approximate surface area is 441 Å². The Balaban J connectivity index is 1.02. The maximum absolute atomic E-state index is 7.27. The zero-order chi connectivity index (χ0) is 49.8. The standard InChI is InChI=1S/C64H42B4N4O4/c1-5-21-43(22-6-1)69-55-29-13-17-33-59(55)73-65(69)51-41-52(66-70(44-23-7-2-8-24-44)56-30-14-18-34-60(56)74-66)48-39-40-50-54(68-72(46-27-11-4-12-28-46)58-32-16-20-36-62(58)76-68)42-53(49-38-37-47(51)63(48)64(49)50)67-71(45-25-9-3-10-26-45)57-31-15-19-35-61(57)75-67/h1-42H. The van der Waals surface area contributed by atoms with Gasteiger partial charge in [0.1, 0.15) is 23.0 Å². The lowest BCUT2D eigenvalue weighted by Gasteiger charge is -2.29. The van der Waals surface area contributed by atoms with Crippen molar-refractivity contribution in [1.29, 1.82) is 0 Å². The molecule has 12 aromatic rings. The maximum Gasteiger partial charge on any atom is 0.524 e. The van der Waals surface area contributed by atoms with Crippen LogP contribution in [-0.2, 0) is 0 Å². The molecule has 0 amide bonds. The fraction of sp³-hybridized carbons (Fsp3) is 0. The summed E-state index contributed by atoms with van der Waals surface area (Å²) in [7, 11) is -2.17. The highest BCUT2D eigenvalue weighted by Gasteiger charge is 2.48. The molecule has 0 bridgehead atoms. The predicted octanol–water partition coefficient (Wildman–Crippen LogP) is 12.3. The number of anilines is 8. The summed E-state index contributed by atoms with van der Waals surface area (Å²) in [6.07, 6.45) is 0. The minimum absolute atomic E-state index is 0.543. The Morgan fingerprint density at radius 3 is 0.671 bits per heavy atom. The molecule has 76 heavy (non-hydrogen) atoms. The SMILES string of the molecule is c1ccc(N2B(c3cc(B4Oc5ccccc5N4c4ccccc4)c4ccc5c(B6Oc7ccccc7N6c6ccccc6)cc(B6Oc7ccccc7N6c6ccccc6)c6ccc3c4c65)Oc3ccccc32)cc1. The monoisotopic (exact) mass is 974 g/mol. The molecule has 0 unspecified atom stereocenters. The third-order valence-corrected chi connectivity index (χ3v) is 15.6. The average molecular weight is 974 g/mol. The molecule has 12 aromatic carbocycles. The zero-order valence-corrected chi connectivity index (χ0v) is 41.0. The number of hydrogen-bond acceptors (Lipinski definition) is 8. The highest BCUT2D eigenvalue weighted by Crippen LogP contribution is 2.47. The van der Waals surface area contributed by atoms with E-state index in [1.165, 1.54) is 0 Å². The average Bonchev–Trinajstić information content (AvgIpc) is 4.40. The minimum Gasteiger partial charge on any atom is -0.536 e. The summed E-state index contributed by atoms with van der Waals surface area (Å²) < 4.78 is 29.1. The summed E-state index contributed by atoms with van der Waals surface area (Å²) in [5.74, 6) is 3.28. The van der Waals surface area contributed by atoms with E-state index in [9.17, 15) is 0 Å². The number of fused-ring (bicyclic) bond motifs is 4. The van der Waals surface area contributed by atoms with E-state index in [0.29, 0.717) is 0 Å². The fourth-order valence-electron chi connectivity index (χ4n) is 12.4. The summed E-state index contributed by atoms with van der Waals surface area (Å²) in [5.41, 5.74) is 12.2. The molecule has 0 aromatic heterocycles. The van der Waals surface area contributed by atoms with Crippen LogP contribution in [0.25, 0.3) is 32.3 Å². The van der Waals surface area contributed by atoms with Gasteiger partial charge in [-0.3, -0.25) is 0 Å². The molecule has 4 aliphatic rings. The van der Waals surface area contributed by atoms with Crippen LogP contribution in [0.4, 0.5) is 45.5 Å². The molecule has 0 fully saturated rings. The van der Waals surface area contributed by atoms with Gasteiger partial charge in [0.25, 0.3) is 0 Å². The van der Waals surface area contributed by atoms with Gasteiger partial charge in [-0.2, -0.15) is 0 Å². The summed E-state index contributed by atoms with van der Waals surface area (Å²) in [6, 6.07) is 89.8. The van der Waals surface area contributed by atoms with E-state index in [4.69, 9.17) is 18.6 Å². The van der Waals surface area contributed by atoms with Crippen LogP contribution in [-0.4, -0.2) is 28.2 Å². The molecule has 8 nitrogen and oxygen atoms in total. The van der Waals surface area contributed by atoms with Crippen molar-refractivity contribution in [2.24, 2.45) is 0 Å². The second kappa shape index (κ2) is 16.9. The number of hydrogen-bond donors (Lipinski definition) is 0. The third kappa shape index (κ3) is 6.43. The first-order valence-electron chi connectivity index (χ1n) is 25.9. The number of para-hydroxylation sites is 12. The number of rotatable bonds is 8. The summed E-state index contributed by atoms with van der Waals surface area (Å²) in [4.78, 5) is 9.35. The van der Waals surface area contributed by atoms with Crippen molar-refractivity contribution in [1.82, 2.24) is 0 Å². The van der Waals surface area contributed by atoms with Gasteiger partial charge in [0.15, 0.2) is 0 Å². The van der Waals surface area contributed by atoms with Crippen LogP contribution in [0.1, 0.15) is 0 Å². The van der Waals surface area contributed by atoms with E-state index < -0.39 is 28.2 Å². The second-order valence-corrected chi connectivity index (χ2v) is 19.8. The van der Waals surface area contributed by atoms with Gasteiger partial charge in [0.2, 0.25) is 0 Å². The molecule has 0 spiro atoms. The molecule has 0 aliphatic carbocycles. The Morgan fingerprint density at radius 2 is 0.434 bits per heavy atom. The lowest BCUT2D eigenvalue weighted by atomic mass is 9.59. The fourth-order valence-corrected chi connectivity index (χ4v) is 12.4. The Bertz CT molecular complexity index is 3690. The van der Waals surface area contributed by atoms with Crippen LogP contribution in [0.15, 0.2) is 255 Å². The van der Waals surface area contributed by atoms with Crippen LogP contribution in [0.3, 0.4) is 0 Å². The normalized spacial score (nSPS) is 14.3. The Hall–Kier alpha value is -9.66. The van der Waals surface area contributed by atoms with Crippen molar-refractivity contribution in [2.75, 3.05) is 19.2 Å². The smallest absolute Gasteiger partial charge is 0.524 e. The molecule has 12 heteroatoms. The van der Waals surface area contributed by atoms with Crippen LogP contribution in [0, 0.1) is 0 Å². The molecule has 0 radical (unpaired) electrons. The van der Waals surface area contributed by atoms with Gasteiger partial charge in [-0.1, -0.05) is 158 Å². The van der Waals surface area contributed by atoms with E-state index in [2.05, 4.69) is 274 Å². The lowest BCUT2D eigenvalue weighted by Crippen LogP contribution is -2.53. The first-order chi connectivity index (χ1) is 37.7. The van der Waals surface area contributed by atoms with Crippen molar-refractivity contribution in [3.63, 3.8) is 0 Å². The van der Waals surface area contributed by atoms with Crippen LogP contribution >= 0.6 is 0 Å². The van der Waals surface area contributed by atoms with Gasteiger partial charge in [-0.05, 0) is 151 Å². The maximum atomic E-state index is 7.27. The lowest BCUT2D eigenvalue weighted by molar-refractivity contribution is 0.602. The molecular formula is C64H42B4N4O4. The van der Waals surface area contributed by atoms with Gasteiger partial charge in [0.05, 0.1) is 22.7 Å². The quantitative estimate of drug-likeness (QED) is 0.110. The molecule has 0 atom stereocenters. The number of nitrogens with zero attached hydrogens (tertiary/aromatic N) is 4. The summed E-state index contributed by atoms with van der Waals surface area (Å²) >= 11 is 0. The van der Waals surface area contributed by atoms with E-state index in [1.54, 1.807) is 0 Å². The van der Waals surface area contributed by atoms with Gasteiger partial charge >= 0.3 is 28.2 Å². The largest absolute Gasteiger partial charge is 0.536 e. The van der Waals surface area contributed by atoms with Crippen molar-refractivity contribution >= 4 is 128 Å². The third-order valence-electron chi connectivity index (χ3n) is 15.6. The summed E-state index contributed by atoms with van der Waals surface area (Å²) in [6.45, 7) is 0. The molecule has 0 saturated heterocycles. The van der Waals surface area contributed by atoms with Gasteiger partial charge < -0.3 is 37.9 Å². The van der Waals surface area contributed by atoms with Crippen molar-refractivity contribution in [3.8, 4) is 23.0 Å². The highest BCUT2D eigenvalue weighted by atomic mass is 16.5. The van der Waals surface area contributed by atoms with Crippen molar-refractivity contribution in [2.45, 2.75) is 0 Å². The predicted molar refractivity (Wildman–Crippen MR) is 314 cm³/mol. The van der Waals surface area contributed by atoms with Crippen LogP contribution in [0.2, 0.25) is 0 Å². The second-order valence-electron chi connectivity index (χ2n) is 19.8. The molecule has 4 heterocycles. The molecule has 0 N–H and O–H groups in total. The van der Waals surface area contributed by atoms with E-state index in [0.717, 1.165) is 123 Å². The van der Waals surface area contributed by atoms with Gasteiger partial charge in [0, 0.05) is 22.7 Å². The van der Waals surface area contributed by atoms with Crippen LogP contribution < -0.4 is 59.7 Å². The summed E-state index contributed by atoms with van der Waals surface area (Å²) in [5, 5.41) is 6.51. The van der Waals surface area contributed by atoms with Crippen molar-refractivity contribution < 1.29 is 18.6 Å². The Morgan fingerprint density at radius 1 is 0.224 bits per heavy atom. The Kier molecular flexibility index (Phi) is 9.54. The van der Waals surface area contributed by atoms with Crippen molar-refractivity contribution in [3.05, 3.63) is 255 Å². The first kappa shape index (κ1) is 42.8. The molecular weight excluding hydrogens is 932 g/mol. The molecule has 16 rings (SSSR count). The topological polar surface area (TPSA) is 49.9 Å². The zero-order valence-electron chi connectivity index (χ0n) is 41.0. The molecule has 4 aliphatic heterocycles. The van der Waals surface area contributed by atoms with Gasteiger partial charge in [-0.15, -0.1) is 0 Å². The number of benzene rings is 12. The minimum atomic E-state index is -0.543. The first-order valence-corrected chi connectivity index (χ1v) is 25.9. The van der Waals surface area contributed by atoms with Gasteiger partial charge in [-0.25, -0.2) is 0 Å². The molecule has 354 valence electrons. The van der Waals surface area contributed by atoms with E-state index in [1.807, 2.05) is 0 Å². The highest BCUT2D eigenvalue weighted by molar-refractivity contribution is 6.83. The van der Waals surface area contributed by atoms with E-state index in [-0.39, 0.29) is 0 Å². The molecule has 0 saturated carbocycles.